The minimum atomic E-state index is 0.0315. The van der Waals surface area contributed by atoms with Gasteiger partial charge in [0.2, 0.25) is 11.8 Å². The van der Waals surface area contributed by atoms with Gasteiger partial charge < -0.3 is 14.9 Å². The third kappa shape index (κ3) is 1.37. The summed E-state index contributed by atoms with van der Waals surface area (Å²) in [5.41, 5.74) is 6.52. The Morgan fingerprint density at radius 3 is 3.00 bits per heavy atom. The van der Waals surface area contributed by atoms with Gasteiger partial charge in [-0.25, -0.2) is 0 Å². The molecule has 1 atom stereocenters. The predicted molar refractivity (Wildman–Crippen MR) is 56.0 cm³/mol. The summed E-state index contributed by atoms with van der Waals surface area (Å²) in [7, 11) is 0. The summed E-state index contributed by atoms with van der Waals surface area (Å²) in [5.74, 6) is 1.95. The minimum Gasteiger partial charge on any atom is -0.492 e. The number of hydrogen-bond donors (Lipinski definition) is 1. The zero-order chi connectivity index (χ0) is 11.0. The van der Waals surface area contributed by atoms with E-state index < -0.39 is 0 Å². The van der Waals surface area contributed by atoms with Gasteiger partial charge in [0.15, 0.2) is 0 Å². The zero-order valence-corrected chi connectivity index (χ0v) is 8.59. The molecule has 1 aromatic heterocycles. The summed E-state index contributed by atoms with van der Waals surface area (Å²) < 4.78 is 11.0. The fourth-order valence-corrected chi connectivity index (χ4v) is 1.86. The molecule has 3 rings (SSSR count). The first kappa shape index (κ1) is 9.35. The monoisotopic (exact) mass is 217 g/mol. The van der Waals surface area contributed by atoms with E-state index in [1.165, 1.54) is 0 Å². The van der Waals surface area contributed by atoms with E-state index in [1.807, 2.05) is 24.3 Å². The Balaban J connectivity index is 1.98. The minimum absolute atomic E-state index is 0.0315. The summed E-state index contributed by atoms with van der Waals surface area (Å²) in [6.45, 7) is 0.813. The van der Waals surface area contributed by atoms with Crippen molar-refractivity contribution in [2.45, 2.75) is 12.5 Å². The third-order valence-electron chi connectivity index (χ3n) is 2.66. The van der Waals surface area contributed by atoms with Crippen LogP contribution in [-0.2, 0) is 6.54 Å². The van der Waals surface area contributed by atoms with Crippen LogP contribution in [-0.4, -0.2) is 16.8 Å². The molecular formula is C11H11N3O2. The van der Waals surface area contributed by atoms with Crippen molar-refractivity contribution in [1.82, 2.24) is 10.2 Å². The molecule has 0 bridgehead atoms. The van der Waals surface area contributed by atoms with E-state index in [-0.39, 0.29) is 12.5 Å². The van der Waals surface area contributed by atoms with Gasteiger partial charge in [0.1, 0.15) is 12.4 Å². The maximum Gasteiger partial charge on any atom is 0.230 e. The summed E-state index contributed by atoms with van der Waals surface area (Å²) in [4.78, 5) is 0. The molecule has 5 heteroatoms. The standard InChI is InChI=1S/C11H11N3O2/c12-5-10-13-14-11(16-10)8-6-15-9-4-2-1-3-7(8)9/h1-4,8H,5-6,12H2. The Bertz CT molecular complexity index is 509. The number of benzene rings is 1. The molecular weight excluding hydrogens is 206 g/mol. The van der Waals surface area contributed by atoms with Crippen LogP contribution in [0.1, 0.15) is 23.3 Å². The van der Waals surface area contributed by atoms with E-state index >= 15 is 0 Å². The smallest absolute Gasteiger partial charge is 0.230 e. The summed E-state index contributed by atoms with van der Waals surface area (Å²) >= 11 is 0. The van der Waals surface area contributed by atoms with Gasteiger partial charge in [-0.15, -0.1) is 10.2 Å². The SMILES string of the molecule is NCc1nnc(C2COc3ccccc32)o1. The van der Waals surface area contributed by atoms with Crippen molar-refractivity contribution in [1.29, 1.82) is 0 Å². The Kier molecular flexibility index (Phi) is 2.11. The number of ether oxygens (including phenoxy) is 1. The highest BCUT2D eigenvalue weighted by molar-refractivity contribution is 5.42. The van der Waals surface area contributed by atoms with E-state index in [4.69, 9.17) is 14.9 Å². The predicted octanol–water partition coefficient (Wildman–Crippen LogP) is 1.05. The Morgan fingerprint density at radius 2 is 2.19 bits per heavy atom. The highest BCUT2D eigenvalue weighted by Gasteiger charge is 2.29. The zero-order valence-electron chi connectivity index (χ0n) is 8.59. The van der Waals surface area contributed by atoms with Crippen molar-refractivity contribution in [3.05, 3.63) is 41.6 Å². The van der Waals surface area contributed by atoms with Crippen molar-refractivity contribution < 1.29 is 9.15 Å². The Hall–Kier alpha value is -1.88. The summed E-state index contributed by atoms with van der Waals surface area (Å²) in [6.07, 6.45) is 0. The molecule has 0 spiro atoms. The molecule has 0 amide bonds. The molecule has 2 N–H and O–H groups in total. The van der Waals surface area contributed by atoms with Crippen LogP contribution in [0.3, 0.4) is 0 Å². The number of aromatic nitrogens is 2. The van der Waals surface area contributed by atoms with Crippen molar-refractivity contribution in [3.8, 4) is 5.75 Å². The second-order valence-corrected chi connectivity index (χ2v) is 3.64. The van der Waals surface area contributed by atoms with E-state index in [2.05, 4.69) is 10.2 Å². The summed E-state index contributed by atoms with van der Waals surface area (Å²) in [6, 6.07) is 7.87. The molecule has 1 aliphatic heterocycles. The van der Waals surface area contributed by atoms with E-state index in [1.54, 1.807) is 0 Å². The summed E-state index contributed by atoms with van der Waals surface area (Å²) in [5, 5.41) is 7.85. The van der Waals surface area contributed by atoms with Gasteiger partial charge in [0.25, 0.3) is 0 Å². The highest BCUT2D eigenvalue weighted by Crippen LogP contribution is 2.36. The quantitative estimate of drug-likeness (QED) is 0.813. The van der Waals surface area contributed by atoms with Crippen molar-refractivity contribution in [3.63, 3.8) is 0 Å². The van der Waals surface area contributed by atoms with Gasteiger partial charge in [0, 0.05) is 5.56 Å². The maximum absolute atomic E-state index is 5.55. The molecule has 1 aliphatic rings. The maximum atomic E-state index is 5.55. The lowest BCUT2D eigenvalue weighted by Gasteiger charge is -2.01. The topological polar surface area (TPSA) is 74.2 Å². The molecule has 5 nitrogen and oxygen atoms in total. The number of hydrogen-bond acceptors (Lipinski definition) is 5. The van der Waals surface area contributed by atoms with Gasteiger partial charge in [-0.1, -0.05) is 18.2 Å². The number of nitrogens with zero attached hydrogens (tertiary/aromatic N) is 2. The molecule has 2 heterocycles. The van der Waals surface area contributed by atoms with Crippen LogP contribution in [0.2, 0.25) is 0 Å². The average Bonchev–Trinajstić information content (AvgIpc) is 2.94. The van der Waals surface area contributed by atoms with Gasteiger partial charge in [-0.3, -0.25) is 0 Å². The van der Waals surface area contributed by atoms with Crippen molar-refractivity contribution >= 4 is 0 Å². The molecule has 1 aromatic carbocycles. The number of fused-ring (bicyclic) bond motifs is 1. The van der Waals surface area contributed by atoms with Crippen LogP contribution in [0, 0.1) is 0 Å². The fourth-order valence-electron chi connectivity index (χ4n) is 1.86. The van der Waals surface area contributed by atoms with E-state index in [0.29, 0.717) is 18.4 Å². The molecule has 0 saturated carbocycles. The molecule has 1 unspecified atom stereocenters. The lowest BCUT2D eigenvalue weighted by molar-refractivity contribution is 0.321. The van der Waals surface area contributed by atoms with Gasteiger partial charge in [-0.2, -0.15) is 0 Å². The van der Waals surface area contributed by atoms with E-state index in [0.717, 1.165) is 11.3 Å². The average molecular weight is 217 g/mol. The van der Waals surface area contributed by atoms with Crippen molar-refractivity contribution in [2.75, 3.05) is 6.61 Å². The molecule has 82 valence electrons. The van der Waals surface area contributed by atoms with Crippen LogP contribution in [0.4, 0.5) is 0 Å². The largest absolute Gasteiger partial charge is 0.492 e. The lowest BCUT2D eigenvalue weighted by atomic mass is 10.0. The first-order valence-electron chi connectivity index (χ1n) is 5.12. The van der Waals surface area contributed by atoms with Crippen LogP contribution in [0.15, 0.2) is 28.7 Å². The molecule has 0 aliphatic carbocycles. The lowest BCUT2D eigenvalue weighted by Crippen LogP contribution is -2.02. The van der Waals surface area contributed by atoms with Crippen molar-refractivity contribution in [2.24, 2.45) is 5.73 Å². The highest BCUT2D eigenvalue weighted by atomic mass is 16.5. The first-order valence-corrected chi connectivity index (χ1v) is 5.12. The number of nitrogens with two attached hydrogens (primary N) is 1. The molecule has 0 saturated heterocycles. The number of para-hydroxylation sites is 1. The van der Waals surface area contributed by atoms with E-state index in [9.17, 15) is 0 Å². The molecule has 0 radical (unpaired) electrons. The van der Waals surface area contributed by atoms with Gasteiger partial charge >= 0.3 is 0 Å². The normalized spacial score (nSPS) is 18.2. The van der Waals surface area contributed by atoms with Gasteiger partial charge in [-0.05, 0) is 6.07 Å². The Morgan fingerprint density at radius 1 is 1.31 bits per heavy atom. The third-order valence-corrected chi connectivity index (χ3v) is 2.66. The van der Waals surface area contributed by atoms with Crippen LogP contribution >= 0.6 is 0 Å². The number of rotatable bonds is 2. The first-order chi connectivity index (χ1) is 7.88. The van der Waals surface area contributed by atoms with Crippen LogP contribution in [0.25, 0.3) is 0 Å². The van der Waals surface area contributed by atoms with Crippen LogP contribution < -0.4 is 10.5 Å². The molecule has 0 fully saturated rings. The second kappa shape index (κ2) is 3.61. The Labute approximate surface area is 92.2 Å². The fraction of sp³-hybridized carbons (Fsp3) is 0.273. The van der Waals surface area contributed by atoms with Crippen LogP contribution in [0.5, 0.6) is 5.75 Å². The molecule has 2 aromatic rings. The van der Waals surface area contributed by atoms with Gasteiger partial charge in [0.05, 0.1) is 12.5 Å². The second-order valence-electron chi connectivity index (χ2n) is 3.64. The molecule has 16 heavy (non-hydrogen) atoms.